The Kier molecular flexibility index (Phi) is 10.3. The second-order valence-corrected chi connectivity index (χ2v) is 8.79. The fourth-order valence-corrected chi connectivity index (χ4v) is 3.36. The standard InChI is InChI=1S/C24H41N7/c1-19(2)12-10-13-20(3)27-24(26-18-23-29-28-21(4)31(23)6)25-16-11-17-30(5)22-14-8-7-9-15-22/h7-9,14-15,19-20H,10-13,16-18H2,1-6H3,(H2,25,26,27). The van der Waals surface area contributed by atoms with Gasteiger partial charge < -0.3 is 20.1 Å². The van der Waals surface area contributed by atoms with Crippen LogP contribution in [0.15, 0.2) is 35.3 Å². The molecule has 1 aromatic carbocycles. The third kappa shape index (κ3) is 8.99. The molecule has 0 aliphatic heterocycles. The van der Waals surface area contributed by atoms with Gasteiger partial charge in [-0.25, -0.2) is 4.99 Å². The molecule has 31 heavy (non-hydrogen) atoms. The lowest BCUT2D eigenvalue weighted by molar-refractivity contribution is 0.491. The Balaban J connectivity index is 1.88. The number of hydrogen-bond acceptors (Lipinski definition) is 4. The number of hydrogen-bond donors (Lipinski definition) is 2. The number of rotatable bonds is 12. The summed E-state index contributed by atoms with van der Waals surface area (Å²) in [7, 11) is 4.12. The number of nitrogens with zero attached hydrogens (tertiary/aromatic N) is 5. The van der Waals surface area contributed by atoms with Crippen molar-refractivity contribution in [2.75, 3.05) is 25.0 Å². The second kappa shape index (κ2) is 13.0. The highest BCUT2D eigenvalue weighted by Gasteiger charge is 2.09. The highest BCUT2D eigenvalue weighted by Crippen LogP contribution is 2.11. The van der Waals surface area contributed by atoms with Gasteiger partial charge in [-0.05, 0) is 44.7 Å². The summed E-state index contributed by atoms with van der Waals surface area (Å²) in [4.78, 5) is 7.06. The lowest BCUT2D eigenvalue weighted by Gasteiger charge is -2.21. The van der Waals surface area contributed by atoms with Crippen LogP contribution in [0.4, 0.5) is 5.69 Å². The van der Waals surface area contributed by atoms with E-state index in [9.17, 15) is 0 Å². The summed E-state index contributed by atoms with van der Waals surface area (Å²) in [6, 6.07) is 10.9. The minimum atomic E-state index is 0.373. The predicted octanol–water partition coefficient (Wildman–Crippen LogP) is 3.90. The van der Waals surface area contributed by atoms with Gasteiger partial charge in [0.1, 0.15) is 12.4 Å². The van der Waals surface area contributed by atoms with Gasteiger partial charge in [0, 0.05) is 38.9 Å². The number of anilines is 1. The van der Waals surface area contributed by atoms with Crippen molar-refractivity contribution in [2.45, 2.75) is 66.0 Å². The van der Waals surface area contributed by atoms with Crippen molar-refractivity contribution in [2.24, 2.45) is 18.0 Å². The number of guanidine groups is 1. The molecule has 0 aliphatic carbocycles. The van der Waals surface area contributed by atoms with Crippen molar-refractivity contribution in [3.8, 4) is 0 Å². The second-order valence-electron chi connectivity index (χ2n) is 8.79. The smallest absolute Gasteiger partial charge is 0.191 e. The maximum atomic E-state index is 4.78. The molecule has 1 aromatic heterocycles. The van der Waals surface area contributed by atoms with Crippen molar-refractivity contribution < 1.29 is 0 Å². The number of nitrogens with one attached hydrogen (secondary N) is 2. The molecule has 0 fully saturated rings. The number of aliphatic imine (C=N–C) groups is 1. The summed E-state index contributed by atoms with van der Waals surface area (Å²) < 4.78 is 1.99. The van der Waals surface area contributed by atoms with Gasteiger partial charge >= 0.3 is 0 Å². The molecule has 0 saturated carbocycles. The largest absolute Gasteiger partial charge is 0.375 e. The summed E-state index contributed by atoms with van der Waals surface area (Å²) in [5, 5.41) is 15.4. The lowest BCUT2D eigenvalue weighted by atomic mass is 10.0. The zero-order valence-corrected chi connectivity index (χ0v) is 20.2. The van der Waals surface area contributed by atoms with E-state index >= 15 is 0 Å². The van der Waals surface area contributed by atoms with Crippen molar-refractivity contribution >= 4 is 11.6 Å². The van der Waals surface area contributed by atoms with Crippen LogP contribution in [0.1, 0.15) is 58.1 Å². The third-order valence-electron chi connectivity index (χ3n) is 5.52. The molecule has 0 saturated heterocycles. The van der Waals surface area contributed by atoms with E-state index in [-0.39, 0.29) is 0 Å². The molecular weight excluding hydrogens is 386 g/mol. The van der Waals surface area contributed by atoms with Crippen LogP contribution in [0.5, 0.6) is 0 Å². The molecule has 7 nitrogen and oxygen atoms in total. The minimum Gasteiger partial charge on any atom is -0.375 e. The number of aromatic nitrogens is 3. The zero-order chi connectivity index (χ0) is 22.6. The molecule has 0 bridgehead atoms. The van der Waals surface area contributed by atoms with Gasteiger partial charge in [0.15, 0.2) is 11.8 Å². The van der Waals surface area contributed by atoms with Crippen LogP contribution in [0, 0.1) is 12.8 Å². The first-order valence-corrected chi connectivity index (χ1v) is 11.5. The molecule has 0 spiro atoms. The summed E-state index contributed by atoms with van der Waals surface area (Å²) in [5.74, 6) is 3.37. The molecular formula is C24H41N7. The molecule has 0 amide bonds. The van der Waals surface area contributed by atoms with Crippen LogP contribution < -0.4 is 15.5 Å². The molecule has 7 heteroatoms. The maximum absolute atomic E-state index is 4.78. The quantitative estimate of drug-likeness (QED) is 0.305. The Morgan fingerprint density at radius 1 is 1.10 bits per heavy atom. The zero-order valence-electron chi connectivity index (χ0n) is 20.2. The lowest BCUT2D eigenvalue weighted by Crippen LogP contribution is -2.43. The normalized spacial score (nSPS) is 12.8. The highest BCUT2D eigenvalue weighted by atomic mass is 15.3. The van der Waals surface area contributed by atoms with Gasteiger partial charge in [-0.2, -0.15) is 0 Å². The van der Waals surface area contributed by atoms with Crippen LogP contribution in [-0.4, -0.2) is 46.9 Å². The van der Waals surface area contributed by atoms with E-state index in [1.807, 2.05) is 24.6 Å². The molecule has 0 aliphatic rings. The monoisotopic (exact) mass is 427 g/mol. The van der Waals surface area contributed by atoms with Gasteiger partial charge in [0.05, 0.1) is 0 Å². The maximum Gasteiger partial charge on any atom is 0.191 e. The summed E-state index contributed by atoms with van der Waals surface area (Å²) in [6.45, 7) is 11.1. The van der Waals surface area contributed by atoms with Crippen molar-refractivity contribution in [1.29, 1.82) is 0 Å². The number of aryl methyl sites for hydroxylation is 1. The van der Waals surface area contributed by atoms with Gasteiger partial charge in [-0.1, -0.05) is 44.9 Å². The van der Waals surface area contributed by atoms with E-state index in [1.54, 1.807) is 0 Å². The topological polar surface area (TPSA) is 70.4 Å². The highest BCUT2D eigenvalue weighted by molar-refractivity contribution is 5.80. The molecule has 1 unspecified atom stereocenters. The van der Waals surface area contributed by atoms with E-state index in [0.717, 1.165) is 49.5 Å². The van der Waals surface area contributed by atoms with Crippen molar-refractivity contribution in [3.63, 3.8) is 0 Å². The van der Waals surface area contributed by atoms with Crippen molar-refractivity contribution in [3.05, 3.63) is 42.0 Å². The van der Waals surface area contributed by atoms with Gasteiger partial charge in [0.2, 0.25) is 0 Å². The average molecular weight is 428 g/mol. The minimum absolute atomic E-state index is 0.373. The van der Waals surface area contributed by atoms with Crippen LogP contribution in [-0.2, 0) is 13.6 Å². The summed E-state index contributed by atoms with van der Waals surface area (Å²) >= 11 is 0. The Labute approximate surface area is 188 Å². The van der Waals surface area contributed by atoms with E-state index < -0.39 is 0 Å². The first-order chi connectivity index (χ1) is 14.9. The Bertz CT molecular complexity index is 782. The molecule has 2 rings (SSSR count). The predicted molar refractivity (Wildman–Crippen MR) is 130 cm³/mol. The molecule has 2 N–H and O–H groups in total. The summed E-state index contributed by atoms with van der Waals surface area (Å²) in [6.07, 6.45) is 4.65. The van der Waals surface area contributed by atoms with Crippen LogP contribution in [0.3, 0.4) is 0 Å². The summed E-state index contributed by atoms with van der Waals surface area (Å²) in [5.41, 5.74) is 1.24. The van der Waals surface area contributed by atoms with E-state index in [0.29, 0.717) is 12.6 Å². The molecule has 1 atom stereocenters. The SMILES string of the molecule is Cc1nnc(CN=C(NCCCN(C)c2ccccc2)NC(C)CCCC(C)C)n1C. The van der Waals surface area contributed by atoms with E-state index in [4.69, 9.17) is 4.99 Å². The number of benzene rings is 1. The van der Waals surface area contributed by atoms with E-state index in [1.165, 1.54) is 18.5 Å². The first-order valence-electron chi connectivity index (χ1n) is 11.5. The van der Waals surface area contributed by atoms with Crippen LogP contribution >= 0.6 is 0 Å². The molecule has 1 heterocycles. The van der Waals surface area contributed by atoms with Gasteiger partial charge in [0.25, 0.3) is 0 Å². The Morgan fingerprint density at radius 3 is 2.48 bits per heavy atom. The van der Waals surface area contributed by atoms with Gasteiger partial charge in [-0.15, -0.1) is 10.2 Å². The Morgan fingerprint density at radius 2 is 1.84 bits per heavy atom. The van der Waals surface area contributed by atoms with E-state index in [2.05, 4.69) is 77.8 Å². The first kappa shape index (κ1) is 24.7. The molecule has 2 aromatic rings. The fourth-order valence-electron chi connectivity index (χ4n) is 3.36. The van der Waals surface area contributed by atoms with Gasteiger partial charge in [-0.3, -0.25) is 0 Å². The number of para-hydroxylation sites is 1. The fraction of sp³-hybridized carbons (Fsp3) is 0.625. The third-order valence-corrected chi connectivity index (χ3v) is 5.52. The Hall–Kier alpha value is -2.57. The van der Waals surface area contributed by atoms with Crippen molar-refractivity contribution in [1.82, 2.24) is 25.4 Å². The van der Waals surface area contributed by atoms with Crippen LogP contribution in [0.25, 0.3) is 0 Å². The van der Waals surface area contributed by atoms with Crippen LogP contribution in [0.2, 0.25) is 0 Å². The molecule has 172 valence electrons. The average Bonchev–Trinajstić information content (AvgIpc) is 3.07. The molecule has 0 radical (unpaired) electrons.